The number of hydrogen-bond donors (Lipinski definition) is 1. The zero-order valence-corrected chi connectivity index (χ0v) is 13.0. The standard InChI is InChI=1S/C16H29N3O/c1-3-18-16(13-17)9-5-6-14(12-16)19-10-7-15(8-11-19)20-4-2/h14-15,18H,3-12H2,1-2H3. The Balaban J connectivity index is 1.88. The summed E-state index contributed by atoms with van der Waals surface area (Å²) in [6, 6.07) is 3.13. The van der Waals surface area contributed by atoms with Crippen LogP contribution < -0.4 is 5.32 Å². The highest BCUT2D eigenvalue weighted by Crippen LogP contribution is 2.32. The molecule has 20 heavy (non-hydrogen) atoms. The molecule has 114 valence electrons. The summed E-state index contributed by atoms with van der Waals surface area (Å²) < 4.78 is 5.73. The van der Waals surface area contributed by atoms with Crippen molar-refractivity contribution in [3.8, 4) is 6.07 Å². The van der Waals surface area contributed by atoms with E-state index >= 15 is 0 Å². The predicted molar refractivity (Wildman–Crippen MR) is 80.5 cm³/mol. The van der Waals surface area contributed by atoms with Gasteiger partial charge in [0.2, 0.25) is 0 Å². The fraction of sp³-hybridized carbons (Fsp3) is 0.938. The Bertz CT molecular complexity index is 329. The van der Waals surface area contributed by atoms with Crippen molar-refractivity contribution in [1.82, 2.24) is 10.2 Å². The molecule has 0 amide bonds. The van der Waals surface area contributed by atoms with Gasteiger partial charge in [-0.3, -0.25) is 5.32 Å². The monoisotopic (exact) mass is 279 g/mol. The van der Waals surface area contributed by atoms with Gasteiger partial charge >= 0.3 is 0 Å². The molecule has 1 aliphatic heterocycles. The largest absolute Gasteiger partial charge is 0.378 e. The van der Waals surface area contributed by atoms with E-state index in [0.717, 1.165) is 58.3 Å². The van der Waals surface area contributed by atoms with Crippen LogP contribution in [0, 0.1) is 11.3 Å². The van der Waals surface area contributed by atoms with Crippen molar-refractivity contribution < 1.29 is 4.74 Å². The lowest BCUT2D eigenvalue weighted by Crippen LogP contribution is -2.54. The summed E-state index contributed by atoms with van der Waals surface area (Å²) in [7, 11) is 0. The van der Waals surface area contributed by atoms with Crippen LogP contribution in [0.3, 0.4) is 0 Å². The second-order valence-corrected chi connectivity index (χ2v) is 6.17. The molecule has 4 heteroatoms. The number of hydrogen-bond acceptors (Lipinski definition) is 4. The van der Waals surface area contributed by atoms with E-state index in [4.69, 9.17) is 4.74 Å². The van der Waals surface area contributed by atoms with Crippen LogP contribution in [0.4, 0.5) is 0 Å². The van der Waals surface area contributed by atoms with E-state index in [2.05, 4.69) is 30.1 Å². The van der Waals surface area contributed by atoms with E-state index in [1.807, 2.05) is 0 Å². The molecule has 2 aliphatic rings. The van der Waals surface area contributed by atoms with Gasteiger partial charge in [0.05, 0.1) is 12.2 Å². The van der Waals surface area contributed by atoms with Gasteiger partial charge in [-0.05, 0) is 52.0 Å². The zero-order chi connectivity index (χ0) is 14.4. The van der Waals surface area contributed by atoms with Gasteiger partial charge in [0.25, 0.3) is 0 Å². The number of likely N-dealkylation sites (tertiary alicyclic amines) is 1. The van der Waals surface area contributed by atoms with E-state index in [1.54, 1.807) is 0 Å². The summed E-state index contributed by atoms with van der Waals surface area (Å²) in [6.45, 7) is 8.13. The molecule has 2 unspecified atom stereocenters. The summed E-state index contributed by atoms with van der Waals surface area (Å²) in [4.78, 5) is 2.60. The Morgan fingerprint density at radius 3 is 2.65 bits per heavy atom. The topological polar surface area (TPSA) is 48.3 Å². The van der Waals surface area contributed by atoms with Gasteiger partial charge in [0.1, 0.15) is 5.54 Å². The summed E-state index contributed by atoms with van der Waals surface area (Å²) in [5, 5.41) is 13.0. The van der Waals surface area contributed by atoms with Crippen molar-refractivity contribution >= 4 is 0 Å². The van der Waals surface area contributed by atoms with Crippen molar-refractivity contribution in [2.75, 3.05) is 26.2 Å². The lowest BCUT2D eigenvalue weighted by atomic mass is 9.79. The van der Waals surface area contributed by atoms with Crippen molar-refractivity contribution in [3.63, 3.8) is 0 Å². The first-order chi connectivity index (χ1) is 9.73. The Morgan fingerprint density at radius 1 is 1.30 bits per heavy atom. The number of ether oxygens (including phenoxy) is 1. The van der Waals surface area contributed by atoms with Crippen molar-refractivity contribution in [1.29, 1.82) is 5.26 Å². The van der Waals surface area contributed by atoms with Gasteiger partial charge in [0, 0.05) is 25.7 Å². The van der Waals surface area contributed by atoms with E-state index in [1.165, 1.54) is 6.42 Å². The fourth-order valence-electron chi connectivity index (χ4n) is 3.84. The van der Waals surface area contributed by atoms with Crippen molar-refractivity contribution in [2.45, 2.75) is 70.1 Å². The molecule has 1 aliphatic carbocycles. The molecule has 0 radical (unpaired) electrons. The van der Waals surface area contributed by atoms with Crippen LogP contribution in [-0.4, -0.2) is 48.8 Å². The minimum absolute atomic E-state index is 0.283. The summed E-state index contributed by atoms with van der Waals surface area (Å²) in [5.41, 5.74) is -0.283. The van der Waals surface area contributed by atoms with Crippen LogP contribution in [-0.2, 0) is 4.74 Å². The molecule has 0 bridgehead atoms. The Kier molecular flexibility index (Phi) is 5.83. The molecule has 0 aromatic carbocycles. The Morgan fingerprint density at radius 2 is 2.05 bits per heavy atom. The molecular formula is C16H29N3O. The van der Waals surface area contributed by atoms with Crippen LogP contribution in [0.2, 0.25) is 0 Å². The second-order valence-electron chi connectivity index (χ2n) is 6.17. The quantitative estimate of drug-likeness (QED) is 0.839. The lowest BCUT2D eigenvalue weighted by Gasteiger charge is -2.44. The lowest BCUT2D eigenvalue weighted by molar-refractivity contribution is -0.00431. The summed E-state index contributed by atoms with van der Waals surface area (Å²) in [5.74, 6) is 0. The van der Waals surface area contributed by atoms with E-state index in [0.29, 0.717) is 12.1 Å². The average Bonchev–Trinajstić information content (AvgIpc) is 2.49. The molecule has 2 rings (SSSR count). The Hall–Kier alpha value is -0.630. The number of nitrogens with zero attached hydrogens (tertiary/aromatic N) is 2. The number of nitrogens with one attached hydrogen (secondary N) is 1. The van der Waals surface area contributed by atoms with Gasteiger partial charge in [-0.25, -0.2) is 0 Å². The third kappa shape index (κ3) is 3.72. The summed E-state index contributed by atoms with van der Waals surface area (Å²) >= 11 is 0. The molecule has 1 heterocycles. The molecule has 4 nitrogen and oxygen atoms in total. The van der Waals surface area contributed by atoms with Crippen LogP contribution in [0.5, 0.6) is 0 Å². The van der Waals surface area contributed by atoms with E-state index in [9.17, 15) is 5.26 Å². The molecule has 0 aromatic rings. The van der Waals surface area contributed by atoms with E-state index in [-0.39, 0.29) is 5.54 Å². The number of nitriles is 1. The zero-order valence-electron chi connectivity index (χ0n) is 13.0. The normalized spacial score (nSPS) is 33.0. The highest BCUT2D eigenvalue weighted by atomic mass is 16.5. The number of rotatable bonds is 5. The molecule has 1 N–H and O–H groups in total. The van der Waals surface area contributed by atoms with Crippen LogP contribution in [0.25, 0.3) is 0 Å². The molecular weight excluding hydrogens is 250 g/mol. The maximum atomic E-state index is 9.55. The van der Waals surface area contributed by atoms with Gasteiger partial charge in [0.15, 0.2) is 0 Å². The highest BCUT2D eigenvalue weighted by Gasteiger charge is 2.38. The maximum Gasteiger partial charge on any atom is 0.108 e. The minimum atomic E-state index is -0.283. The number of piperidine rings is 1. The van der Waals surface area contributed by atoms with Crippen molar-refractivity contribution in [3.05, 3.63) is 0 Å². The predicted octanol–water partition coefficient (Wildman–Crippen LogP) is 2.30. The van der Waals surface area contributed by atoms with Gasteiger partial charge in [-0.1, -0.05) is 6.92 Å². The first kappa shape index (κ1) is 15.8. The molecule has 0 spiro atoms. The smallest absolute Gasteiger partial charge is 0.108 e. The molecule has 2 fully saturated rings. The first-order valence-electron chi connectivity index (χ1n) is 8.25. The van der Waals surface area contributed by atoms with Crippen LogP contribution in [0.15, 0.2) is 0 Å². The molecule has 0 aromatic heterocycles. The third-order valence-corrected chi connectivity index (χ3v) is 4.85. The van der Waals surface area contributed by atoms with Gasteiger partial charge in [-0.15, -0.1) is 0 Å². The summed E-state index contributed by atoms with van der Waals surface area (Å²) in [6.07, 6.45) is 7.13. The highest BCUT2D eigenvalue weighted by molar-refractivity contribution is 5.11. The Labute approximate surface area is 123 Å². The van der Waals surface area contributed by atoms with Gasteiger partial charge in [-0.2, -0.15) is 5.26 Å². The average molecular weight is 279 g/mol. The molecule has 2 atom stereocenters. The van der Waals surface area contributed by atoms with E-state index < -0.39 is 0 Å². The van der Waals surface area contributed by atoms with Crippen molar-refractivity contribution in [2.24, 2.45) is 0 Å². The third-order valence-electron chi connectivity index (χ3n) is 4.85. The second kappa shape index (κ2) is 7.40. The fourth-order valence-corrected chi connectivity index (χ4v) is 3.84. The SMILES string of the molecule is CCNC1(C#N)CCCC(N2CCC(OCC)CC2)C1. The molecule has 1 saturated heterocycles. The minimum Gasteiger partial charge on any atom is -0.378 e. The first-order valence-corrected chi connectivity index (χ1v) is 8.25. The van der Waals surface area contributed by atoms with Crippen LogP contribution >= 0.6 is 0 Å². The van der Waals surface area contributed by atoms with Gasteiger partial charge < -0.3 is 9.64 Å². The molecule has 1 saturated carbocycles. The van der Waals surface area contributed by atoms with Crippen LogP contribution in [0.1, 0.15) is 52.4 Å². The maximum absolute atomic E-state index is 9.55.